The van der Waals surface area contributed by atoms with Crippen molar-refractivity contribution in [3.8, 4) is 44.8 Å². The minimum atomic E-state index is -0.396. The number of aromatic amines is 1. The zero-order chi connectivity index (χ0) is 36.5. The molecule has 6 aromatic carbocycles. The second kappa shape index (κ2) is 10.8. The normalized spacial score (nSPS) is 13.5. The van der Waals surface area contributed by atoms with Crippen LogP contribution < -0.4 is 0 Å². The highest BCUT2D eigenvalue weighted by Crippen LogP contribution is 2.64. The number of nitrogens with one attached hydrogen (secondary N) is 1. The molecule has 2 aliphatic carbocycles. The van der Waals surface area contributed by atoms with Gasteiger partial charge in [-0.25, -0.2) is 0 Å². The molecule has 1 N–H and O–H groups in total. The molecule has 5 heteroatoms. The Bertz CT molecular complexity index is 3370. The fourth-order valence-corrected chi connectivity index (χ4v) is 10.3. The van der Waals surface area contributed by atoms with Gasteiger partial charge >= 0.3 is 0 Å². The Morgan fingerprint density at radius 3 is 1.64 bits per heavy atom. The molecule has 0 aliphatic heterocycles. The second-order valence-corrected chi connectivity index (χ2v) is 15.0. The Morgan fingerprint density at radius 1 is 0.429 bits per heavy atom. The van der Waals surface area contributed by atoms with Crippen LogP contribution in [0.1, 0.15) is 22.3 Å². The van der Waals surface area contributed by atoms with Crippen molar-refractivity contribution in [3.05, 3.63) is 205 Å². The monoisotopic (exact) mass is 713 g/mol. The van der Waals surface area contributed by atoms with Gasteiger partial charge in [0.25, 0.3) is 0 Å². The molecule has 0 saturated heterocycles. The van der Waals surface area contributed by atoms with Gasteiger partial charge in [0, 0.05) is 40.7 Å². The van der Waals surface area contributed by atoms with Crippen molar-refractivity contribution in [1.82, 2.24) is 24.1 Å². The molecule has 0 unspecified atom stereocenters. The van der Waals surface area contributed by atoms with Gasteiger partial charge in [0.1, 0.15) is 5.65 Å². The number of fused-ring (bicyclic) bond motifs is 17. The lowest BCUT2D eigenvalue weighted by Gasteiger charge is -2.30. The third-order valence-electron chi connectivity index (χ3n) is 12.5. The Balaban J connectivity index is 0.967. The molecule has 0 amide bonds. The lowest BCUT2D eigenvalue weighted by molar-refractivity contribution is 0.794. The summed E-state index contributed by atoms with van der Waals surface area (Å²) in [5, 5.41) is 2.33. The van der Waals surface area contributed by atoms with Gasteiger partial charge < -0.3 is 9.55 Å². The first-order chi connectivity index (χ1) is 27.8. The molecule has 56 heavy (non-hydrogen) atoms. The van der Waals surface area contributed by atoms with Crippen molar-refractivity contribution < 1.29 is 0 Å². The van der Waals surface area contributed by atoms with Gasteiger partial charge in [0.2, 0.25) is 0 Å². The molecule has 11 aromatic rings. The highest BCUT2D eigenvalue weighted by atomic mass is 15.1. The van der Waals surface area contributed by atoms with E-state index in [0.29, 0.717) is 0 Å². The van der Waals surface area contributed by atoms with Crippen LogP contribution in [-0.2, 0) is 5.41 Å². The minimum absolute atomic E-state index is 0.396. The van der Waals surface area contributed by atoms with E-state index in [2.05, 4.69) is 177 Å². The molecule has 0 radical (unpaired) electrons. The van der Waals surface area contributed by atoms with Crippen LogP contribution in [0.25, 0.3) is 88.8 Å². The van der Waals surface area contributed by atoms with E-state index >= 15 is 0 Å². The van der Waals surface area contributed by atoms with E-state index in [1.807, 2.05) is 24.7 Å². The molecule has 5 nitrogen and oxygen atoms in total. The molecule has 0 bridgehead atoms. The van der Waals surface area contributed by atoms with Crippen molar-refractivity contribution in [2.24, 2.45) is 0 Å². The topological polar surface area (TPSA) is 51.4 Å². The Morgan fingerprint density at radius 2 is 0.982 bits per heavy atom. The van der Waals surface area contributed by atoms with Gasteiger partial charge in [0.15, 0.2) is 0 Å². The van der Waals surface area contributed by atoms with Gasteiger partial charge in [-0.15, -0.1) is 0 Å². The van der Waals surface area contributed by atoms with Gasteiger partial charge in [-0.3, -0.25) is 14.5 Å². The molecule has 1 spiro atoms. The summed E-state index contributed by atoms with van der Waals surface area (Å²) in [5.41, 5.74) is 21.1. The highest BCUT2D eigenvalue weighted by molar-refractivity contribution is 6.17. The number of aromatic nitrogens is 5. The molecular weight excluding hydrogens is 683 g/mol. The van der Waals surface area contributed by atoms with Crippen molar-refractivity contribution in [2.45, 2.75) is 5.41 Å². The fourth-order valence-electron chi connectivity index (χ4n) is 10.3. The van der Waals surface area contributed by atoms with Gasteiger partial charge in [-0.2, -0.15) is 0 Å². The van der Waals surface area contributed by atoms with E-state index in [1.54, 1.807) is 0 Å². The number of nitrogens with zero attached hydrogens (tertiary/aromatic N) is 4. The summed E-state index contributed by atoms with van der Waals surface area (Å²) in [4.78, 5) is 13.2. The van der Waals surface area contributed by atoms with E-state index in [0.717, 1.165) is 50.0 Å². The fraction of sp³-hybridized carbons (Fsp3) is 0.0196. The lowest BCUT2D eigenvalue weighted by Crippen LogP contribution is -2.25. The number of rotatable bonds is 3. The first kappa shape index (κ1) is 29.9. The number of hydrogen-bond donors (Lipinski definition) is 1. The first-order valence-electron chi connectivity index (χ1n) is 19.2. The zero-order valence-electron chi connectivity index (χ0n) is 30.1. The van der Waals surface area contributed by atoms with Gasteiger partial charge in [-0.05, 0) is 116 Å². The highest BCUT2D eigenvalue weighted by Gasteiger charge is 2.52. The van der Waals surface area contributed by atoms with Crippen molar-refractivity contribution >= 4 is 44.0 Å². The largest absolute Gasteiger partial charge is 0.347 e. The molecule has 0 saturated carbocycles. The Labute approximate surface area is 321 Å². The van der Waals surface area contributed by atoms with E-state index in [1.165, 1.54) is 61.0 Å². The smallest absolute Gasteiger partial charge is 0.124 e. The van der Waals surface area contributed by atoms with Crippen molar-refractivity contribution in [2.75, 3.05) is 0 Å². The second-order valence-electron chi connectivity index (χ2n) is 15.0. The molecule has 13 rings (SSSR count). The standard InChI is InChI=1S/C51H31N5/c1-4-12-39-35(9-1)36-10-2-5-13-40(36)51(39)41-14-6-3-11-37(41)46-42(51)25-26-43-47(46)49-45(16-8-29-53-49)55(43)33-21-17-31(18-22-33)32-19-23-34(24-20-32)56-44-15-7-28-52-48(44)38-27-30-54-50(38)56/h1-30,54H. The van der Waals surface area contributed by atoms with E-state index in [4.69, 9.17) is 4.98 Å². The van der Waals surface area contributed by atoms with Crippen LogP contribution in [-0.4, -0.2) is 24.1 Å². The average Bonchev–Trinajstić information content (AvgIpc) is 4.07. The summed E-state index contributed by atoms with van der Waals surface area (Å²) >= 11 is 0. The van der Waals surface area contributed by atoms with Crippen LogP contribution >= 0.6 is 0 Å². The maximum Gasteiger partial charge on any atom is 0.124 e. The third-order valence-corrected chi connectivity index (χ3v) is 12.5. The molecule has 2 aliphatic rings. The van der Waals surface area contributed by atoms with E-state index < -0.39 is 5.41 Å². The summed E-state index contributed by atoms with van der Waals surface area (Å²) < 4.78 is 4.64. The predicted octanol–water partition coefficient (Wildman–Crippen LogP) is 12.0. The summed E-state index contributed by atoms with van der Waals surface area (Å²) in [7, 11) is 0. The van der Waals surface area contributed by atoms with Crippen LogP contribution in [0.4, 0.5) is 0 Å². The van der Waals surface area contributed by atoms with E-state index in [-0.39, 0.29) is 0 Å². The van der Waals surface area contributed by atoms with Crippen molar-refractivity contribution in [3.63, 3.8) is 0 Å². The number of H-pyrrole nitrogens is 1. The van der Waals surface area contributed by atoms with Crippen molar-refractivity contribution in [1.29, 1.82) is 0 Å². The van der Waals surface area contributed by atoms with Crippen LogP contribution in [0.2, 0.25) is 0 Å². The Hall–Kier alpha value is -7.50. The summed E-state index contributed by atoms with van der Waals surface area (Å²) in [5.74, 6) is 0. The van der Waals surface area contributed by atoms with Gasteiger partial charge in [-0.1, -0.05) is 103 Å². The molecule has 0 fully saturated rings. The summed E-state index contributed by atoms with van der Waals surface area (Å²) in [6.07, 6.45) is 5.77. The van der Waals surface area contributed by atoms with Crippen LogP contribution in [0.5, 0.6) is 0 Å². The lowest BCUT2D eigenvalue weighted by atomic mass is 9.70. The number of benzene rings is 6. The average molecular weight is 714 g/mol. The number of pyridine rings is 2. The first-order valence-corrected chi connectivity index (χ1v) is 19.2. The molecule has 5 aromatic heterocycles. The van der Waals surface area contributed by atoms with Crippen LogP contribution in [0.15, 0.2) is 182 Å². The molecule has 0 atom stereocenters. The summed E-state index contributed by atoms with van der Waals surface area (Å²) in [6, 6.07) is 60.0. The third kappa shape index (κ3) is 3.65. The van der Waals surface area contributed by atoms with Crippen LogP contribution in [0, 0.1) is 0 Å². The molecule has 260 valence electrons. The quantitative estimate of drug-likeness (QED) is 0.198. The SMILES string of the molecule is c1ccc2c(c1)-c1ccccc1C21c2ccccc2-c2c1ccc1c2c2ncccc2n1-c1ccc(-c2ccc(-n3c4cccnc4c4cc[nH]c43)cc2)cc1. The Kier molecular flexibility index (Phi) is 5.77. The predicted molar refractivity (Wildman–Crippen MR) is 227 cm³/mol. The van der Waals surface area contributed by atoms with E-state index in [9.17, 15) is 0 Å². The maximum absolute atomic E-state index is 5.11. The summed E-state index contributed by atoms with van der Waals surface area (Å²) in [6.45, 7) is 0. The van der Waals surface area contributed by atoms with Gasteiger partial charge in [0.05, 0.1) is 33.0 Å². The van der Waals surface area contributed by atoms with Crippen LogP contribution in [0.3, 0.4) is 0 Å². The maximum atomic E-state index is 5.11. The molecule has 5 heterocycles. The minimum Gasteiger partial charge on any atom is -0.347 e. The number of hydrogen-bond acceptors (Lipinski definition) is 2. The molecular formula is C51H31N5. The zero-order valence-corrected chi connectivity index (χ0v) is 30.1.